The second kappa shape index (κ2) is 9.59. The van der Waals surface area contributed by atoms with Crippen molar-refractivity contribution >= 4 is 17.3 Å². The molecular formula is C21H24F6N2O2. The van der Waals surface area contributed by atoms with Gasteiger partial charge in [0.15, 0.2) is 0 Å². The smallest absolute Gasteiger partial charge is 0.399 e. The minimum atomic E-state index is -5.76. The number of alkyl halides is 6. The van der Waals surface area contributed by atoms with Crippen molar-refractivity contribution in [1.29, 1.82) is 0 Å². The number of ether oxygens (including phenoxy) is 1. The Balaban J connectivity index is 0.00000233. The van der Waals surface area contributed by atoms with Crippen LogP contribution in [-0.4, -0.2) is 25.4 Å². The largest absolute Gasteiger partial charge is 0.430 e. The quantitative estimate of drug-likeness (QED) is 0.435. The molecule has 0 atom stereocenters. The summed E-state index contributed by atoms with van der Waals surface area (Å²) in [6, 6.07) is 7.35. The number of benzene rings is 2. The molecule has 0 radical (unpaired) electrons. The number of nitrogens with one attached hydrogen (secondary N) is 1. The van der Waals surface area contributed by atoms with E-state index in [0.717, 1.165) is 0 Å². The van der Waals surface area contributed by atoms with Crippen LogP contribution in [0, 0.1) is 13.8 Å². The molecule has 0 unspecified atom stereocenters. The first-order valence-electron chi connectivity index (χ1n) is 9.22. The first-order chi connectivity index (χ1) is 14.2. The van der Waals surface area contributed by atoms with Gasteiger partial charge in [-0.2, -0.15) is 26.3 Å². The minimum absolute atomic E-state index is 0.00665. The third-order valence-electron chi connectivity index (χ3n) is 4.43. The number of nitrogens with two attached hydrogens (primary N) is 1. The van der Waals surface area contributed by atoms with E-state index >= 15 is 0 Å². The zero-order valence-electron chi connectivity index (χ0n) is 17.6. The molecule has 1 amide bonds. The van der Waals surface area contributed by atoms with Crippen LogP contribution in [0.2, 0.25) is 0 Å². The number of hydrogen-bond donors (Lipinski definition) is 2. The van der Waals surface area contributed by atoms with Crippen molar-refractivity contribution in [2.24, 2.45) is 0 Å². The molecule has 4 nitrogen and oxygen atoms in total. The Morgan fingerprint density at radius 1 is 0.935 bits per heavy atom. The molecule has 0 spiro atoms. The maximum absolute atomic E-state index is 13.5. The van der Waals surface area contributed by atoms with E-state index in [0.29, 0.717) is 24.9 Å². The van der Waals surface area contributed by atoms with Gasteiger partial charge in [-0.15, -0.1) is 0 Å². The van der Waals surface area contributed by atoms with Crippen LogP contribution in [0.4, 0.5) is 37.7 Å². The van der Waals surface area contributed by atoms with Crippen LogP contribution in [0.25, 0.3) is 0 Å². The molecule has 2 aromatic rings. The molecule has 0 saturated carbocycles. The standard InChI is InChI=1S/C19H18F6N2O2.C2H6/c1-10-7-13(17(29-3,18(20,21)22)19(23,24)25)8-11(2)15(10)27-16(28)12-5-4-6-14(26)9-12;1-2/h4-9H,26H2,1-3H3,(H,27,28);1-2H3. The monoisotopic (exact) mass is 450 g/mol. The van der Waals surface area contributed by atoms with Gasteiger partial charge < -0.3 is 15.8 Å². The second-order valence-electron chi connectivity index (χ2n) is 6.45. The van der Waals surface area contributed by atoms with Crippen molar-refractivity contribution in [3.8, 4) is 0 Å². The van der Waals surface area contributed by atoms with Gasteiger partial charge >= 0.3 is 12.4 Å². The first-order valence-corrected chi connectivity index (χ1v) is 9.22. The summed E-state index contributed by atoms with van der Waals surface area (Å²) in [5.41, 5.74) is 0.597. The van der Waals surface area contributed by atoms with Crippen LogP contribution in [0.1, 0.15) is 40.9 Å². The first kappa shape index (κ1) is 26.3. The average molecular weight is 450 g/mol. The van der Waals surface area contributed by atoms with Gasteiger partial charge in [-0.3, -0.25) is 4.79 Å². The number of anilines is 2. The Bertz CT molecular complexity index is 886. The number of aryl methyl sites for hydroxylation is 2. The molecule has 0 heterocycles. The van der Waals surface area contributed by atoms with E-state index in [1.54, 1.807) is 6.07 Å². The number of carbonyl (C=O) groups is 1. The van der Waals surface area contributed by atoms with Gasteiger partial charge in [0.05, 0.1) is 0 Å². The summed E-state index contributed by atoms with van der Waals surface area (Å²) in [7, 11) is 0.348. The molecule has 2 rings (SSSR count). The molecule has 10 heteroatoms. The lowest BCUT2D eigenvalue weighted by atomic mass is 9.88. The number of hydrogen-bond acceptors (Lipinski definition) is 3. The number of halogens is 6. The molecule has 0 saturated heterocycles. The van der Waals surface area contributed by atoms with Gasteiger partial charge in [0, 0.05) is 29.6 Å². The van der Waals surface area contributed by atoms with Crippen molar-refractivity contribution in [3.63, 3.8) is 0 Å². The predicted octanol–water partition coefficient (Wildman–Crippen LogP) is 6.13. The molecule has 0 aliphatic heterocycles. The molecular weight excluding hydrogens is 426 g/mol. The van der Waals surface area contributed by atoms with E-state index in [2.05, 4.69) is 10.1 Å². The molecule has 0 aromatic heterocycles. The third kappa shape index (κ3) is 5.12. The van der Waals surface area contributed by atoms with E-state index in [1.165, 1.54) is 32.0 Å². The number of rotatable bonds is 4. The summed E-state index contributed by atoms with van der Waals surface area (Å²) in [5, 5.41) is 2.50. The van der Waals surface area contributed by atoms with Crippen LogP contribution in [0.3, 0.4) is 0 Å². The van der Waals surface area contributed by atoms with Crippen LogP contribution in [0.15, 0.2) is 36.4 Å². The Labute approximate surface area is 176 Å². The van der Waals surface area contributed by atoms with Gasteiger partial charge in [0.2, 0.25) is 0 Å². The SMILES string of the molecule is CC.COC(c1cc(C)c(NC(=O)c2cccc(N)c2)c(C)c1)(C(F)(F)F)C(F)(F)F. The highest BCUT2D eigenvalue weighted by molar-refractivity contribution is 6.05. The zero-order valence-corrected chi connectivity index (χ0v) is 17.6. The summed E-state index contributed by atoms with van der Waals surface area (Å²) in [6.07, 6.45) is -11.5. The van der Waals surface area contributed by atoms with Crippen LogP contribution in [0.5, 0.6) is 0 Å². The fourth-order valence-electron chi connectivity index (χ4n) is 3.07. The van der Waals surface area contributed by atoms with E-state index in [4.69, 9.17) is 5.73 Å². The third-order valence-corrected chi connectivity index (χ3v) is 4.43. The van der Waals surface area contributed by atoms with E-state index in [-0.39, 0.29) is 22.4 Å². The van der Waals surface area contributed by atoms with E-state index < -0.39 is 29.4 Å². The summed E-state index contributed by atoms with van der Waals surface area (Å²) in [5.74, 6) is -0.610. The predicted molar refractivity (Wildman–Crippen MR) is 107 cm³/mol. The highest BCUT2D eigenvalue weighted by Crippen LogP contribution is 2.53. The lowest BCUT2D eigenvalue weighted by Crippen LogP contribution is -2.55. The molecule has 2 aromatic carbocycles. The van der Waals surface area contributed by atoms with Crippen molar-refractivity contribution in [2.75, 3.05) is 18.2 Å². The fourth-order valence-corrected chi connectivity index (χ4v) is 3.07. The Kier molecular flexibility index (Phi) is 8.13. The molecule has 0 fully saturated rings. The fraction of sp³-hybridized carbons (Fsp3) is 0.381. The normalized spacial score (nSPS) is 12.1. The lowest BCUT2D eigenvalue weighted by molar-refractivity contribution is -0.383. The topological polar surface area (TPSA) is 64.3 Å². The number of amides is 1. The maximum atomic E-state index is 13.5. The number of methoxy groups -OCH3 is 1. The van der Waals surface area contributed by atoms with Crippen molar-refractivity contribution in [1.82, 2.24) is 0 Å². The van der Waals surface area contributed by atoms with Crippen LogP contribution >= 0.6 is 0 Å². The van der Waals surface area contributed by atoms with Crippen molar-refractivity contribution in [3.05, 3.63) is 58.7 Å². The van der Waals surface area contributed by atoms with Crippen molar-refractivity contribution in [2.45, 2.75) is 45.6 Å². The Morgan fingerprint density at radius 2 is 1.42 bits per heavy atom. The minimum Gasteiger partial charge on any atom is -0.399 e. The van der Waals surface area contributed by atoms with E-state index in [1.807, 2.05) is 13.8 Å². The van der Waals surface area contributed by atoms with Gasteiger partial charge in [-0.05, 0) is 43.2 Å². The van der Waals surface area contributed by atoms with Gasteiger partial charge in [-0.1, -0.05) is 32.0 Å². The number of nitrogen functional groups attached to an aromatic ring is 1. The maximum Gasteiger partial charge on any atom is 0.430 e. The highest BCUT2D eigenvalue weighted by Gasteiger charge is 2.73. The van der Waals surface area contributed by atoms with Crippen LogP contribution in [-0.2, 0) is 10.3 Å². The van der Waals surface area contributed by atoms with E-state index in [9.17, 15) is 31.1 Å². The Morgan fingerprint density at radius 3 is 1.81 bits per heavy atom. The molecule has 0 aliphatic rings. The van der Waals surface area contributed by atoms with Gasteiger partial charge in [0.1, 0.15) is 0 Å². The molecule has 0 aliphatic carbocycles. The highest BCUT2D eigenvalue weighted by atomic mass is 19.4. The molecule has 172 valence electrons. The lowest BCUT2D eigenvalue weighted by Gasteiger charge is -2.36. The average Bonchev–Trinajstić information content (AvgIpc) is 2.65. The van der Waals surface area contributed by atoms with Crippen LogP contribution < -0.4 is 11.1 Å². The van der Waals surface area contributed by atoms with Gasteiger partial charge in [0.25, 0.3) is 11.5 Å². The van der Waals surface area contributed by atoms with Crippen molar-refractivity contribution < 1.29 is 35.9 Å². The molecule has 0 bridgehead atoms. The van der Waals surface area contributed by atoms with Gasteiger partial charge in [-0.25, -0.2) is 0 Å². The summed E-state index contributed by atoms with van der Waals surface area (Å²) < 4.78 is 84.8. The molecule has 3 N–H and O–H groups in total. The molecule has 31 heavy (non-hydrogen) atoms. The Hall–Kier alpha value is -2.75. The number of carbonyl (C=O) groups excluding carboxylic acids is 1. The second-order valence-corrected chi connectivity index (χ2v) is 6.45. The summed E-state index contributed by atoms with van der Waals surface area (Å²) >= 11 is 0. The summed E-state index contributed by atoms with van der Waals surface area (Å²) in [4.78, 5) is 12.4. The summed E-state index contributed by atoms with van der Waals surface area (Å²) in [6.45, 7) is 6.58. The zero-order chi connectivity index (χ0) is 24.2.